The molecule has 0 amide bonds. The highest BCUT2D eigenvalue weighted by Crippen LogP contribution is 2.31. The number of halogens is 3. The highest BCUT2D eigenvalue weighted by Gasteiger charge is 2.30. The Morgan fingerprint density at radius 1 is 1.22 bits per heavy atom. The summed E-state index contributed by atoms with van der Waals surface area (Å²) >= 11 is 0. The summed E-state index contributed by atoms with van der Waals surface area (Å²) in [7, 11) is 0. The van der Waals surface area contributed by atoms with Crippen LogP contribution in [0.1, 0.15) is 17.1 Å². The number of aryl methyl sites for hydroxylation is 1. The van der Waals surface area contributed by atoms with Crippen molar-refractivity contribution in [2.45, 2.75) is 19.5 Å². The maximum atomic E-state index is 12.6. The lowest BCUT2D eigenvalue weighted by atomic mass is 10.1. The number of hydrogen-bond acceptors (Lipinski definition) is 3. The van der Waals surface area contributed by atoms with Crippen LogP contribution in [0.4, 0.5) is 13.2 Å². The molecular weight excluding hydrogens is 243 g/mol. The molecule has 2 aromatic rings. The molecule has 96 valence electrons. The largest absolute Gasteiger partial charge is 0.416 e. The highest BCUT2D eigenvalue weighted by atomic mass is 19.4. The second-order valence-electron chi connectivity index (χ2n) is 3.99. The third-order valence-corrected chi connectivity index (χ3v) is 2.60. The average Bonchev–Trinajstić information content (AvgIpc) is 2.27. The van der Waals surface area contributed by atoms with Gasteiger partial charge in [0.05, 0.1) is 16.8 Å². The minimum absolute atomic E-state index is 0.306. The van der Waals surface area contributed by atoms with Gasteiger partial charge in [-0.1, -0.05) is 6.07 Å². The normalized spacial score (nSPS) is 12.1. The molecule has 2 N–H and O–H groups in total. The monoisotopic (exact) mass is 255 g/mol. The zero-order valence-corrected chi connectivity index (χ0v) is 9.75. The van der Waals surface area contributed by atoms with Gasteiger partial charge in [0.2, 0.25) is 0 Å². The summed E-state index contributed by atoms with van der Waals surface area (Å²) in [6, 6.07) is 3.49. The Balaban J connectivity index is 2.64. The molecule has 1 aromatic carbocycles. The molecule has 2 rings (SSSR count). The van der Waals surface area contributed by atoms with Gasteiger partial charge < -0.3 is 5.73 Å². The standard InChI is InChI=1S/C12H12F3N3/c1-7-17-10(4-5-16)9-3-2-8(12(13,14)15)6-11(9)18-7/h2-3,6H,4-5,16H2,1H3. The van der Waals surface area contributed by atoms with Gasteiger partial charge in [-0.25, -0.2) is 9.97 Å². The topological polar surface area (TPSA) is 51.8 Å². The molecule has 0 aliphatic carbocycles. The quantitative estimate of drug-likeness (QED) is 0.896. The van der Waals surface area contributed by atoms with Gasteiger partial charge in [-0.3, -0.25) is 0 Å². The van der Waals surface area contributed by atoms with Gasteiger partial charge in [0.25, 0.3) is 0 Å². The van der Waals surface area contributed by atoms with Crippen LogP contribution in [0.15, 0.2) is 18.2 Å². The summed E-state index contributed by atoms with van der Waals surface area (Å²) < 4.78 is 37.8. The summed E-state index contributed by atoms with van der Waals surface area (Å²) in [6.07, 6.45) is -3.84. The Bertz CT molecular complexity index is 579. The van der Waals surface area contributed by atoms with E-state index in [0.717, 1.165) is 12.1 Å². The third kappa shape index (κ3) is 2.43. The van der Waals surface area contributed by atoms with Crippen LogP contribution in [-0.4, -0.2) is 16.5 Å². The van der Waals surface area contributed by atoms with Crippen molar-refractivity contribution in [3.63, 3.8) is 0 Å². The van der Waals surface area contributed by atoms with Crippen molar-refractivity contribution in [3.8, 4) is 0 Å². The molecule has 3 nitrogen and oxygen atoms in total. The van der Waals surface area contributed by atoms with E-state index in [1.807, 2.05) is 0 Å². The Morgan fingerprint density at radius 3 is 2.56 bits per heavy atom. The predicted molar refractivity (Wildman–Crippen MR) is 62.0 cm³/mol. The molecule has 0 aliphatic rings. The Labute approximate surface area is 102 Å². The first-order valence-corrected chi connectivity index (χ1v) is 5.46. The van der Waals surface area contributed by atoms with Gasteiger partial charge in [0, 0.05) is 11.8 Å². The lowest BCUT2D eigenvalue weighted by Crippen LogP contribution is -2.08. The molecular formula is C12H12F3N3. The number of nitrogens with two attached hydrogens (primary N) is 1. The minimum Gasteiger partial charge on any atom is -0.330 e. The van der Waals surface area contributed by atoms with Gasteiger partial charge >= 0.3 is 6.18 Å². The van der Waals surface area contributed by atoms with Crippen LogP contribution >= 0.6 is 0 Å². The van der Waals surface area contributed by atoms with Crippen molar-refractivity contribution in [1.29, 1.82) is 0 Å². The predicted octanol–water partition coefficient (Wildman–Crippen LogP) is 2.46. The van der Waals surface area contributed by atoms with Gasteiger partial charge in [-0.05, 0) is 25.6 Å². The van der Waals surface area contributed by atoms with Crippen LogP contribution in [0.2, 0.25) is 0 Å². The van der Waals surface area contributed by atoms with Crippen molar-refractivity contribution in [3.05, 3.63) is 35.3 Å². The first kappa shape index (κ1) is 12.8. The number of fused-ring (bicyclic) bond motifs is 1. The van der Waals surface area contributed by atoms with E-state index in [0.29, 0.717) is 35.4 Å². The number of hydrogen-bond donors (Lipinski definition) is 1. The van der Waals surface area contributed by atoms with E-state index in [1.54, 1.807) is 6.92 Å². The highest BCUT2D eigenvalue weighted by molar-refractivity contribution is 5.81. The fourth-order valence-corrected chi connectivity index (χ4v) is 1.83. The maximum Gasteiger partial charge on any atom is 0.416 e. The lowest BCUT2D eigenvalue weighted by molar-refractivity contribution is -0.137. The number of rotatable bonds is 2. The van der Waals surface area contributed by atoms with Gasteiger partial charge in [-0.15, -0.1) is 0 Å². The molecule has 1 aromatic heterocycles. The van der Waals surface area contributed by atoms with E-state index in [-0.39, 0.29) is 0 Å². The lowest BCUT2D eigenvalue weighted by Gasteiger charge is -2.10. The molecule has 0 bridgehead atoms. The first-order valence-electron chi connectivity index (χ1n) is 5.46. The van der Waals surface area contributed by atoms with Gasteiger partial charge in [-0.2, -0.15) is 13.2 Å². The SMILES string of the molecule is Cc1nc(CCN)c2ccc(C(F)(F)F)cc2n1. The average molecular weight is 255 g/mol. The molecule has 1 heterocycles. The molecule has 18 heavy (non-hydrogen) atoms. The van der Waals surface area contributed by atoms with E-state index < -0.39 is 11.7 Å². The summed E-state index contributed by atoms with van der Waals surface area (Å²) in [6.45, 7) is 2.05. The van der Waals surface area contributed by atoms with Crippen molar-refractivity contribution >= 4 is 10.9 Å². The Hall–Kier alpha value is -1.69. The molecule has 0 saturated carbocycles. The van der Waals surface area contributed by atoms with E-state index in [1.165, 1.54) is 6.07 Å². The smallest absolute Gasteiger partial charge is 0.330 e. The van der Waals surface area contributed by atoms with Crippen molar-refractivity contribution in [2.75, 3.05) is 6.54 Å². The molecule has 0 unspecified atom stereocenters. The van der Waals surface area contributed by atoms with Crippen molar-refractivity contribution in [2.24, 2.45) is 5.73 Å². The molecule has 0 spiro atoms. The van der Waals surface area contributed by atoms with Crippen molar-refractivity contribution < 1.29 is 13.2 Å². The second kappa shape index (κ2) is 4.53. The number of alkyl halides is 3. The molecule has 0 radical (unpaired) electrons. The first-order chi connectivity index (χ1) is 8.41. The van der Waals surface area contributed by atoms with E-state index in [9.17, 15) is 13.2 Å². The Morgan fingerprint density at radius 2 is 1.94 bits per heavy atom. The summed E-state index contributed by atoms with van der Waals surface area (Å²) in [5, 5.41) is 0.624. The zero-order valence-electron chi connectivity index (χ0n) is 9.75. The summed E-state index contributed by atoms with van der Waals surface area (Å²) in [5.74, 6) is 0.449. The van der Waals surface area contributed by atoms with Crippen LogP contribution in [0, 0.1) is 6.92 Å². The summed E-state index contributed by atoms with van der Waals surface area (Å²) in [4.78, 5) is 8.25. The van der Waals surface area contributed by atoms with Crippen LogP contribution < -0.4 is 5.73 Å². The summed E-state index contributed by atoms with van der Waals surface area (Å²) in [5.41, 5.74) is 5.75. The van der Waals surface area contributed by atoms with Gasteiger partial charge in [0.15, 0.2) is 0 Å². The van der Waals surface area contributed by atoms with Crippen LogP contribution in [0.25, 0.3) is 10.9 Å². The Kier molecular flexibility index (Phi) is 3.21. The fraction of sp³-hybridized carbons (Fsp3) is 0.333. The number of nitrogens with zero attached hydrogens (tertiary/aromatic N) is 2. The number of benzene rings is 1. The minimum atomic E-state index is -4.36. The van der Waals surface area contributed by atoms with E-state index in [4.69, 9.17) is 5.73 Å². The van der Waals surface area contributed by atoms with Gasteiger partial charge in [0.1, 0.15) is 5.82 Å². The third-order valence-electron chi connectivity index (χ3n) is 2.60. The maximum absolute atomic E-state index is 12.6. The molecule has 0 aliphatic heterocycles. The zero-order chi connectivity index (χ0) is 13.3. The van der Waals surface area contributed by atoms with Crippen LogP contribution in [-0.2, 0) is 12.6 Å². The molecule has 0 fully saturated rings. The van der Waals surface area contributed by atoms with Crippen LogP contribution in [0.3, 0.4) is 0 Å². The van der Waals surface area contributed by atoms with Crippen LogP contribution in [0.5, 0.6) is 0 Å². The second-order valence-corrected chi connectivity index (χ2v) is 3.99. The van der Waals surface area contributed by atoms with E-state index in [2.05, 4.69) is 9.97 Å². The molecule has 0 saturated heterocycles. The molecule has 6 heteroatoms. The van der Waals surface area contributed by atoms with Crippen molar-refractivity contribution in [1.82, 2.24) is 9.97 Å². The molecule has 0 atom stereocenters. The fourth-order valence-electron chi connectivity index (χ4n) is 1.83. The van der Waals surface area contributed by atoms with E-state index >= 15 is 0 Å². The number of aromatic nitrogens is 2.